The van der Waals surface area contributed by atoms with Crippen LogP contribution in [0, 0.1) is 0 Å². The average Bonchev–Trinajstić information content (AvgIpc) is 2.80. The molecular weight excluding hydrogens is 328 g/mol. The number of carbonyl (C=O) groups is 2. The number of para-hydroxylation sites is 1. The van der Waals surface area contributed by atoms with Crippen LogP contribution >= 0.6 is 11.6 Å². The molecule has 6 heteroatoms. The highest BCUT2D eigenvalue weighted by atomic mass is 35.5. The number of halogens is 1. The van der Waals surface area contributed by atoms with E-state index in [0.29, 0.717) is 22.9 Å². The Labute approximate surface area is 145 Å². The number of methoxy groups -OCH3 is 1. The Morgan fingerprint density at radius 1 is 1.29 bits per heavy atom. The fourth-order valence-corrected chi connectivity index (χ4v) is 3.10. The van der Waals surface area contributed by atoms with Crippen LogP contribution in [0.2, 0.25) is 5.02 Å². The summed E-state index contributed by atoms with van der Waals surface area (Å²) in [6, 6.07) is 12.1. The number of fused-ring (bicyclic) bond motifs is 1. The molecule has 0 aromatic heterocycles. The first-order chi connectivity index (χ1) is 11.5. The number of benzene rings is 2. The molecule has 0 aliphatic carbocycles. The molecule has 1 N–H and O–H groups in total. The van der Waals surface area contributed by atoms with Crippen molar-refractivity contribution in [2.24, 2.45) is 0 Å². The molecule has 1 aliphatic heterocycles. The fourth-order valence-electron chi connectivity index (χ4n) is 2.92. The molecule has 0 radical (unpaired) electrons. The van der Waals surface area contributed by atoms with Gasteiger partial charge in [0.1, 0.15) is 11.8 Å². The van der Waals surface area contributed by atoms with Crippen LogP contribution in [0.3, 0.4) is 0 Å². The van der Waals surface area contributed by atoms with Gasteiger partial charge in [-0.3, -0.25) is 9.59 Å². The lowest BCUT2D eigenvalue weighted by atomic mass is 10.1. The molecule has 24 heavy (non-hydrogen) atoms. The molecule has 0 saturated heterocycles. The van der Waals surface area contributed by atoms with Gasteiger partial charge in [-0.15, -0.1) is 0 Å². The molecule has 3 rings (SSSR count). The highest BCUT2D eigenvalue weighted by Gasteiger charge is 2.38. The van der Waals surface area contributed by atoms with Gasteiger partial charge in [-0.05, 0) is 24.3 Å². The van der Waals surface area contributed by atoms with Gasteiger partial charge in [0.05, 0.1) is 13.7 Å². The molecule has 5 nitrogen and oxygen atoms in total. The minimum Gasteiger partial charge on any atom is -0.496 e. The third kappa shape index (κ3) is 2.95. The Bertz CT molecular complexity index is 807. The van der Waals surface area contributed by atoms with Gasteiger partial charge in [0.25, 0.3) is 5.91 Å². The van der Waals surface area contributed by atoms with Crippen molar-refractivity contribution in [3.63, 3.8) is 0 Å². The van der Waals surface area contributed by atoms with Gasteiger partial charge in [-0.25, -0.2) is 0 Å². The van der Waals surface area contributed by atoms with Gasteiger partial charge in [0.2, 0.25) is 5.91 Å². The second-order valence-corrected chi connectivity index (χ2v) is 6.01. The Morgan fingerprint density at radius 3 is 2.75 bits per heavy atom. The quantitative estimate of drug-likeness (QED) is 0.927. The monoisotopic (exact) mass is 344 g/mol. The second-order valence-electron chi connectivity index (χ2n) is 5.57. The molecule has 2 aromatic carbocycles. The first-order valence-corrected chi connectivity index (χ1v) is 7.89. The predicted octanol–water partition coefficient (Wildman–Crippen LogP) is 3.07. The second kappa shape index (κ2) is 6.53. The number of rotatable bonds is 4. The van der Waals surface area contributed by atoms with E-state index in [1.54, 1.807) is 30.2 Å². The highest BCUT2D eigenvalue weighted by molar-refractivity contribution is 6.31. The van der Waals surface area contributed by atoms with Crippen LogP contribution in [0.5, 0.6) is 5.75 Å². The summed E-state index contributed by atoms with van der Waals surface area (Å²) in [6.45, 7) is 1.74. The lowest BCUT2D eigenvalue weighted by molar-refractivity contribution is -0.126. The zero-order valence-corrected chi connectivity index (χ0v) is 14.1. The Hall–Kier alpha value is -2.53. The van der Waals surface area contributed by atoms with E-state index in [9.17, 15) is 9.59 Å². The van der Waals surface area contributed by atoms with Gasteiger partial charge in [-0.2, -0.15) is 0 Å². The van der Waals surface area contributed by atoms with Crippen molar-refractivity contribution in [2.75, 3.05) is 12.0 Å². The van der Waals surface area contributed by atoms with E-state index in [4.69, 9.17) is 16.3 Å². The first kappa shape index (κ1) is 16.3. The molecule has 2 aromatic rings. The standard InChI is InChI=1S/C18H17ClN2O3/c1-11(22)20-17-14-9-13(19)7-8-15(14)21(18(17)23)10-12-5-3-4-6-16(12)24-2/h3-9,17H,10H2,1-2H3,(H,20,22)/t17-/m1/s1. The number of nitrogens with one attached hydrogen (secondary N) is 1. The normalized spacial score (nSPS) is 16.0. The van der Waals surface area contributed by atoms with Gasteiger partial charge >= 0.3 is 0 Å². The van der Waals surface area contributed by atoms with Crippen molar-refractivity contribution in [2.45, 2.75) is 19.5 Å². The molecule has 1 atom stereocenters. The number of hydrogen-bond donors (Lipinski definition) is 1. The van der Waals surface area contributed by atoms with Crippen LogP contribution in [0.15, 0.2) is 42.5 Å². The lowest BCUT2D eigenvalue weighted by Gasteiger charge is -2.19. The molecule has 0 bridgehead atoms. The molecule has 1 aliphatic rings. The van der Waals surface area contributed by atoms with Crippen molar-refractivity contribution in [3.8, 4) is 5.75 Å². The van der Waals surface area contributed by atoms with Crippen LogP contribution in [0.25, 0.3) is 0 Å². The molecule has 0 saturated carbocycles. The van der Waals surface area contributed by atoms with Crippen LogP contribution in [-0.4, -0.2) is 18.9 Å². The average molecular weight is 345 g/mol. The van der Waals surface area contributed by atoms with E-state index >= 15 is 0 Å². The number of amides is 2. The number of hydrogen-bond acceptors (Lipinski definition) is 3. The number of anilines is 1. The molecule has 1 heterocycles. The maximum Gasteiger partial charge on any atom is 0.254 e. The van der Waals surface area contributed by atoms with Gasteiger partial charge in [0, 0.05) is 28.8 Å². The van der Waals surface area contributed by atoms with Crippen molar-refractivity contribution >= 4 is 29.1 Å². The number of nitrogens with zero attached hydrogens (tertiary/aromatic N) is 1. The topological polar surface area (TPSA) is 58.6 Å². The van der Waals surface area contributed by atoms with Crippen LogP contribution in [0.1, 0.15) is 24.1 Å². The molecule has 0 unspecified atom stereocenters. The Balaban J connectivity index is 2.00. The summed E-state index contributed by atoms with van der Waals surface area (Å²) in [7, 11) is 1.60. The van der Waals surface area contributed by atoms with Crippen molar-refractivity contribution < 1.29 is 14.3 Å². The molecule has 0 spiro atoms. The summed E-state index contributed by atoms with van der Waals surface area (Å²) in [5.74, 6) is 0.260. The zero-order chi connectivity index (χ0) is 17.3. The van der Waals surface area contributed by atoms with Gasteiger partial charge in [-0.1, -0.05) is 29.8 Å². The largest absolute Gasteiger partial charge is 0.496 e. The molecule has 124 valence electrons. The summed E-state index contributed by atoms with van der Waals surface area (Å²) in [4.78, 5) is 26.0. The Morgan fingerprint density at radius 2 is 2.04 bits per heavy atom. The first-order valence-electron chi connectivity index (χ1n) is 7.51. The van der Waals surface area contributed by atoms with E-state index in [1.807, 2.05) is 24.3 Å². The predicted molar refractivity (Wildman–Crippen MR) is 92.2 cm³/mol. The SMILES string of the molecule is COc1ccccc1CN1C(=O)[C@H](NC(C)=O)c2cc(Cl)ccc21. The minimum absolute atomic E-state index is 0.187. The Kier molecular flexibility index (Phi) is 4.44. The van der Waals surface area contributed by atoms with E-state index < -0.39 is 6.04 Å². The molecular formula is C18H17ClN2O3. The van der Waals surface area contributed by atoms with Crippen LogP contribution in [0.4, 0.5) is 5.69 Å². The smallest absolute Gasteiger partial charge is 0.254 e. The van der Waals surface area contributed by atoms with Crippen molar-refractivity contribution in [1.29, 1.82) is 0 Å². The summed E-state index contributed by atoms with van der Waals surface area (Å²) in [5, 5.41) is 3.22. The van der Waals surface area contributed by atoms with Crippen molar-refractivity contribution in [1.82, 2.24) is 5.32 Å². The van der Waals surface area contributed by atoms with Gasteiger partial charge < -0.3 is 15.0 Å². The summed E-state index contributed by atoms with van der Waals surface area (Å²) < 4.78 is 5.36. The third-order valence-electron chi connectivity index (χ3n) is 3.97. The highest BCUT2D eigenvalue weighted by Crippen LogP contribution is 2.39. The summed E-state index contributed by atoms with van der Waals surface area (Å²) in [6.07, 6.45) is 0. The van der Waals surface area contributed by atoms with E-state index in [1.165, 1.54) is 6.92 Å². The molecule has 0 fully saturated rings. The minimum atomic E-state index is -0.717. The van der Waals surface area contributed by atoms with Crippen molar-refractivity contribution in [3.05, 3.63) is 58.6 Å². The van der Waals surface area contributed by atoms with E-state index in [2.05, 4.69) is 5.32 Å². The van der Waals surface area contributed by atoms with Crippen LogP contribution < -0.4 is 15.0 Å². The maximum atomic E-state index is 12.8. The maximum absolute atomic E-state index is 12.8. The van der Waals surface area contributed by atoms with Gasteiger partial charge in [0.15, 0.2) is 0 Å². The van der Waals surface area contributed by atoms with E-state index in [-0.39, 0.29) is 11.8 Å². The summed E-state index contributed by atoms with van der Waals surface area (Å²) >= 11 is 6.07. The van der Waals surface area contributed by atoms with Crippen LogP contribution in [-0.2, 0) is 16.1 Å². The number of ether oxygens (including phenoxy) is 1. The zero-order valence-electron chi connectivity index (χ0n) is 13.4. The molecule has 2 amide bonds. The number of carbonyl (C=O) groups excluding carboxylic acids is 2. The fraction of sp³-hybridized carbons (Fsp3) is 0.222. The van der Waals surface area contributed by atoms with E-state index in [0.717, 1.165) is 11.3 Å². The lowest BCUT2D eigenvalue weighted by Crippen LogP contribution is -2.36. The summed E-state index contributed by atoms with van der Waals surface area (Å²) in [5.41, 5.74) is 2.34. The third-order valence-corrected chi connectivity index (χ3v) is 4.21.